The van der Waals surface area contributed by atoms with Gasteiger partial charge in [0.1, 0.15) is 19.8 Å². The first-order chi connectivity index (χ1) is 47.0. The van der Waals surface area contributed by atoms with E-state index in [9.17, 15) is 19.0 Å². The molecule has 0 saturated carbocycles. The summed E-state index contributed by atoms with van der Waals surface area (Å²) in [6.07, 6.45) is 116. The standard InChI is InChI=1S/C86H138NO8P/c1-6-8-10-12-14-16-18-20-22-24-26-28-30-32-34-36-38-39-40-41-42-43-44-45-46-47-49-51-53-55-57-59-61-63-65-67-69-71-73-75-77-79-86(89)95-84(83-94-96(90,91)93-81-80-87(3,4)5)82-92-85(88)78-76-74-72-70-68-66-64-62-60-58-56-54-52-50-48-37-35-33-31-29-27-25-23-21-19-17-15-13-11-9-7-2/h8-11,14-17,20-23,26-29,32-35,38-39,41-42,44-45,47-50,54,56,60,62,84H,6-7,12-13,18-19,24-25,30-31,36-37,40,43,46,51-53,55,57-59,61,63-83H2,1-5H3/b10-8-,11-9-,16-14-,17-15-,22-20-,23-21-,28-26-,29-27-,34-32-,35-33-,39-38-,42-41-,45-44-,49-47-,50-48-,56-54-,62-60-. The van der Waals surface area contributed by atoms with Crippen LogP contribution in [0, 0.1) is 0 Å². The molecule has 96 heavy (non-hydrogen) atoms. The minimum absolute atomic E-state index is 0.0438. The molecule has 0 aliphatic carbocycles. The van der Waals surface area contributed by atoms with Crippen molar-refractivity contribution in [3.05, 3.63) is 207 Å². The second-order valence-corrected chi connectivity index (χ2v) is 27.0. The van der Waals surface area contributed by atoms with Gasteiger partial charge in [-0.3, -0.25) is 14.2 Å². The number of unbranched alkanes of at least 4 members (excludes halogenated alkanes) is 19. The first-order valence-corrected chi connectivity index (χ1v) is 39.3. The first kappa shape index (κ1) is 90.6. The van der Waals surface area contributed by atoms with Crippen LogP contribution < -0.4 is 4.89 Å². The van der Waals surface area contributed by atoms with Gasteiger partial charge in [0.25, 0.3) is 7.82 Å². The molecule has 0 heterocycles. The first-order valence-electron chi connectivity index (χ1n) is 37.8. The van der Waals surface area contributed by atoms with Gasteiger partial charge >= 0.3 is 11.9 Å². The molecular formula is C86H138NO8P. The number of phosphoric ester groups is 1. The van der Waals surface area contributed by atoms with Crippen LogP contribution in [0.5, 0.6) is 0 Å². The van der Waals surface area contributed by atoms with Crippen molar-refractivity contribution in [2.45, 2.75) is 277 Å². The second kappa shape index (κ2) is 73.8. The number of ether oxygens (including phenoxy) is 2. The van der Waals surface area contributed by atoms with E-state index in [0.717, 1.165) is 167 Å². The summed E-state index contributed by atoms with van der Waals surface area (Å²) in [5, 5.41) is 0. The quantitative estimate of drug-likeness (QED) is 0.0195. The summed E-state index contributed by atoms with van der Waals surface area (Å²) in [5.41, 5.74) is 0. The third kappa shape index (κ3) is 77.6. The summed E-state index contributed by atoms with van der Waals surface area (Å²) in [6, 6.07) is 0. The van der Waals surface area contributed by atoms with Gasteiger partial charge in [-0.2, -0.15) is 0 Å². The van der Waals surface area contributed by atoms with Crippen molar-refractivity contribution in [3.63, 3.8) is 0 Å². The third-order valence-electron chi connectivity index (χ3n) is 15.3. The molecule has 0 aliphatic rings. The molecule has 10 heteroatoms. The highest BCUT2D eigenvalue weighted by atomic mass is 31.2. The SMILES string of the molecule is CC/C=C\C/C=C\C/C=C\C/C=C\C/C=C\C/C=C\C/C=C\C/C=C\C/C=C\CCCCCCCCCCCCCCCC(=O)OC(COC(=O)CCCCCCCC/C=C\C/C=C\C/C=C\C/C=C\C/C=C\C/C=C\C/C=C\C/C=C\CC)COP(=O)([O-])OCC[N+](C)(C)C. The monoisotopic (exact) mass is 1340 g/mol. The molecule has 0 saturated heterocycles. The molecule has 0 aromatic heterocycles. The number of likely N-dealkylation sites (N-methyl/N-ethyl adjacent to an activating group) is 1. The number of carbonyl (C=O) groups excluding carboxylic acids is 2. The number of rotatable bonds is 67. The second-order valence-electron chi connectivity index (χ2n) is 25.5. The predicted octanol–water partition coefficient (Wildman–Crippen LogP) is 24.7. The van der Waals surface area contributed by atoms with Crippen molar-refractivity contribution in [1.29, 1.82) is 0 Å². The van der Waals surface area contributed by atoms with E-state index in [1.807, 2.05) is 21.1 Å². The highest BCUT2D eigenvalue weighted by Crippen LogP contribution is 2.38. The molecule has 0 bridgehead atoms. The lowest BCUT2D eigenvalue weighted by molar-refractivity contribution is -0.870. The number of carbonyl (C=O) groups is 2. The Kier molecular flexibility index (Phi) is 69.7. The summed E-state index contributed by atoms with van der Waals surface area (Å²) >= 11 is 0. The fourth-order valence-corrected chi connectivity index (χ4v) is 10.3. The molecule has 0 fully saturated rings. The van der Waals surface area contributed by atoms with E-state index in [-0.39, 0.29) is 26.1 Å². The van der Waals surface area contributed by atoms with Crippen molar-refractivity contribution >= 4 is 19.8 Å². The average molecular weight is 1350 g/mol. The summed E-state index contributed by atoms with van der Waals surface area (Å²) in [5.74, 6) is -0.862. The lowest BCUT2D eigenvalue weighted by Crippen LogP contribution is -2.37. The zero-order valence-corrected chi connectivity index (χ0v) is 62.4. The Hall–Kier alpha value is -5.41. The zero-order chi connectivity index (χ0) is 69.7. The smallest absolute Gasteiger partial charge is 0.306 e. The molecule has 0 radical (unpaired) electrons. The van der Waals surface area contributed by atoms with Gasteiger partial charge in [0.2, 0.25) is 0 Å². The Morgan fingerprint density at radius 2 is 0.562 bits per heavy atom. The van der Waals surface area contributed by atoms with Crippen LogP contribution in [-0.2, 0) is 32.7 Å². The van der Waals surface area contributed by atoms with Crippen LogP contribution in [0.25, 0.3) is 0 Å². The number of quaternary nitrogens is 1. The van der Waals surface area contributed by atoms with E-state index in [1.165, 1.54) is 64.2 Å². The largest absolute Gasteiger partial charge is 0.756 e. The van der Waals surface area contributed by atoms with Crippen LogP contribution in [-0.4, -0.2) is 70.0 Å². The van der Waals surface area contributed by atoms with Gasteiger partial charge in [-0.1, -0.05) is 317 Å². The molecule has 0 aliphatic heterocycles. The van der Waals surface area contributed by atoms with Crippen LogP contribution >= 0.6 is 7.82 Å². The molecule has 0 spiro atoms. The van der Waals surface area contributed by atoms with Crippen molar-refractivity contribution in [3.8, 4) is 0 Å². The average Bonchev–Trinajstić information content (AvgIpc) is 2.54. The number of nitrogens with zero attached hydrogens (tertiary/aromatic N) is 1. The van der Waals surface area contributed by atoms with Crippen LogP contribution in [0.1, 0.15) is 271 Å². The van der Waals surface area contributed by atoms with Gasteiger partial charge in [0, 0.05) is 12.8 Å². The molecule has 2 atom stereocenters. The van der Waals surface area contributed by atoms with E-state index >= 15 is 0 Å². The summed E-state index contributed by atoms with van der Waals surface area (Å²) in [6.45, 7) is 3.98. The molecule has 540 valence electrons. The topological polar surface area (TPSA) is 111 Å². The van der Waals surface area contributed by atoms with Gasteiger partial charge in [-0.25, -0.2) is 0 Å². The Morgan fingerprint density at radius 3 is 0.833 bits per heavy atom. The van der Waals surface area contributed by atoms with E-state index in [2.05, 4.69) is 220 Å². The summed E-state index contributed by atoms with van der Waals surface area (Å²) < 4.78 is 34.3. The van der Waals surface area contributed by atoms with E-state index < -0.39 is 32.5 Å². The summed E-state index contributed by atoms with van der Waals surface area (Å²) in [4.78, 5) is 38.1. The molecule has 0 aromatic carbocycles. The third-order valence-corrected chi connectivity index (χ3v) is 16.3. The molecule has 9 nitrogen and oxygen atoms in total. The fraction of sp³-hybridized carbons (Fsp3) is 0.581. The predicted molar refractivity (Wildman–Crippen MR) is 415 cm³/mol. The Bertz CT molecular complexity index is 2380. The maximum atomic E-state index is 12.9. The lowest BCUT2D eigenvalue weighted by atomic mass is 10.0. The van der Waals surface area contributed by atoms with Crippen LogP contribution in [0.2, 0.25) is 0 Å². The Labute approximate surface area is 589 Å². The van der Waals surface area contributed by atoms with Gasteiger partial charge in [-0.05, 0) is 148 Å². The molecular weight excluding hydrogens is 1210 g/mol. The minimum Gasteiger partial charge on any atom is -0.756 e. The van der Waals surface area contributed by atoms with Crippen molar-refractivity contribution in [1.82, 2.24) is 0 Å². The van der Waals surface area contributed by atoms with Crippen LogP contribution in [0.4, 0.5) is 0 Å². The Balaban J connectivity index is 4.11. The highest BCUT2D eigenvalue weighted by Gasteiger charge is 2.22. The van der Waals surface area contributed by atoms with Gasteiger partial charge in [0.15, 0.2) is 6.10 Å². The molecule has 0 N–H and O–H groups in total. The summed E-state index contributed by atoms with van der Waals surface area (Å²) in [7, 11) is 1.13. The maximum Gasteiger partial charge on any atom is 0.306 e. The van der Waals surface area contributed by atoms with Crippen molar-refractivity contribution in [2.75, 3.05) is 47.5 Å². The number of esters is 2. The van der Waals surface area contributed by atoms with E-state index in [0.29, 0.717) is 23.9 Å². The van der Waals surface area contributed by atoms with E-state index in [4.69, 9.17) is 18.5 Å². The highest BCUT2D eigenvalue weighted by molar-refractivity contribution is 7.45. The van der Waals surface area contributed by atoms with Crippen molar-refractivity contribution in [2.24, 2.45) is 0 Å². The number of allylic oxidation sites excluding steroid dienone is 34. The normalized spacial score (nSPS) is 14.3. The van der Waals surface area contributed by atoms with Gasteiger partial charge in [-0.15, -0.1) is 0 Å². The minimum atomic E-state index is -4.66. The number of phosphoric acid groups is 1. The fourth-order valence-electron chi connectivity index (χ4n) is 9.61. The number of hydrogen-bond donors (Lipinski definition) is 0. The maximum absolute atomic E-state index is 12.9. The van der Waals surface area contributed by atoms with Gasteiger partial charge in [0.05, 0.1) is 27.7 Å². The molecule has 0 rings (SSSR count). The van der Waals surface area contributed by atoms with Crippen molar-refractivity contribution < 1.29 is 42.1 Å². The van der Waals surface area contributed by atoms with E-state index in [1.54, 1.807) is 0 Å². The van der Waals surface area contributed by atoms with Crippen LogP contribution in [0.15, 0.2) is 207 Å². The molecule has 0 aromatic rings. The lowest BCUT2D eigenvalue weighted by Gasteiger charge is -2.28. The van der Waals surface area contributed by atoms with Gasteiger partial charge < -0.3 is 27.9 Å². The van der Waals surface area contributed by atoms with Crippen LogP contribution in [0.3, 0.4) is 0 Å². The Morgan fingerprint density at radius 1 is 0.323 bits per heavy atom. The molecule has 0 amide bonds. The number of hydrogen-bond acceptors (Lipinski definition) is 8. The molecule has 2 unspecified atom stereocenters. The zero-order valence-electron chi connectivity index (χ0n) is 61.5.